The average molecular weight is 445 g/mol. The zero-order chi connectivity index (χ0) is 22.4. The number of benzene rings is 1. The Bertz CT molecular complexity index is 1140. The van der Waals surface area contributed by atoms with Gasteiger partial charge in [-0.25, -0.2) is 0 Å². The van der Waals surface area contributed by atoms with E-state index in [9.17, 15) is 0 Å². The van der Waals surface area contributed by atoms with E-state index in [0.717, 1.165) is 10.8 Å². The van der Waals surface area contributed by atoms with Crippen LogP contribution in [0.5, 0.6) is 0 Å². The summed E-state index contributed by atoms with van der Waals surface area (Å²) in [7, 11) is 0. The maximum atomic E-state index is 5.93. The highest BCUT2D eigenvalue weighted by Gasteiger charge is 2.44. The number of thiocarbonyl (C=S) groups is 1. The zero-order valence-electron chi connectivity index (χ0n) is 19.4. The third-order valence-electron chi connectivity index (χ3n) is 7.25. The highest BCUT2D eigenvalue weighted by molar-refractivity contribution is 7.80. The lowest BCUT2D eigenvalue weighted by molar-refractivity contribution is 0.245. The number of pyridine rings is 1. The molecule has 0 unspecified atom stereocenters. The molecule has 32 heavy (non-hydrogen) atoms. The summed E-state index contributed by atoms with van der Waals surface area (Å²) >= 11 is 5.93. The SMILES string of the molecule is Cc1ccc(C)c(-n2c(C)cc([C@@H]3[C@@H](c4ccccn4)NC(=S)N3C3CCCC3)c2C)c1. The molecule has 1 aromatic carbocycles. The summed E-state index contributed by atoms with van der Waals surface area (Å²) in [6.45, 7) is 8.83. The minimum absolute atomic E-state index is 0.0526. The summed E-state index contributed by atoms with van der Waals surface area (Å²) in [5, 5.41) is 4.52. The predicted octanol–water partition coefficient (Wildman–Crippen LogP) is 6.02. The molecule has 3 aromatic rings. The van der Waals surface area contributed by atoms with Gasteiger partial charge in [-0.1, -0.05) is 31.0 Å². The first kappa shape index (κ1) is 21.2. The standard InChI is InChI=1S/C27H32N4S/c1-17-12-13-18(2)24(15-17)30-19(3)16-22(20(30)4)26-25(23-11-7-8-14-28-23)29-27(32)31(26)21-9-5-6-10-21/h7-8,11-16,21,25-26H,5-6,9-10H2,1-4H3,(H,29,32)/t25-,26-/m1/s1. The van der Waals surface area contributed by atoms with Gasteiger partial charge in [-0.05, 0) is 93.7 Å². The molecular formula is C27H32N4S. The topological polar surface area (TPSA) is 33.1 Å². The normalized spacial score (nSPS) is 21.4. The van der Waals surface area contributed by atoms with Crippen LogP contribution < -0.4 is 5.32 Å². The van der Waals surface area contributed by atoms with E-state index < -0.39 is 0 Å². The van der Waals surface area contributed by atoms with Gasteiger partial charge in [0.25, 0.3) is 0 Å². The molecule has 2 fully saturated rings. The molecule has 0 bridgehead atoms. The molecular weight excluding hydrogens is 412 g/mol. The van der Waals surface area contributed by atoms with Gasteiger partial charge >= 0.3 is 0 Å². The van der Waals surface area contributed by atoms with Crippen molar-refractivity contribution in [2.45, 2.75) is 71.5 Å². The Morgan fingerprint density at radius 1 is 1.00 bits per heavy atom. The van der Waals surface area contributed by atoms with Gasteiger partial charge in [0.2, 0.25) is 0 Å². The van der Waals surface area contributed by atoms with Crippen LogP contribution in [-0.4, -0.2) is 25.6 Å². The number of aromatic nitrogens is 2. The molecule has 1 aliphatic heterocycles. The molecule has 1 saturated heterocycles. The van der Waals surface area contributed by atoms with E-state index in [1.165, 1.54) is 59.4 Å². The molecule has 2 atom stereocenters. The van der Waals surface area contributed by atoms with Crippen molar-refractivity contribution < 1.29 is 0 Å². The van der Waals surface area contributed by atoms with Crippen LogP contribution in [0, 0.1) is 27.7 Å². The molecule has 0 amide bonds. The number of aryl methyl sites for hydroxylation is 3. The van der Waals surface area contributed by atoms with Crippen molar-refractivity contribution in [2.75, 3.05) is 0 Å². The zero-order valence-corrected chi connectivity index (χ0v) is 20.2. The van der Waals surface area contributed by atoms with Gasteiger partial charge in [0.1, 0.15) is 0 Å². The van der Waals surface area contributed by atoms with Gasteiger partial charge in [0, 0.05) is 29.3 Å². The second-order valence-corrected chi connectivity index (χ2v) is 9.81. The summed E-state index contributed by atoms with van der Waals surface area (Å²) in [6, 6.07) is 15.9. The van der Waals surface area contributed by atoms with E-state index in [1.807, 2.05) is 12.3 Å². The Morgan fingerprint density at radius 2 is 1.78 bits per heavy atom. The molecule has 166 valence electrons. The molecule has 1 saturated carbocycles. The minimum atomic E-state index is 0.0526. The summed E-state index contributed by atoms with van der Waals surface area (Å²) in [6.07, 6.45) is 6.87. The van der Waals surface area contributed by atoms with Crippen molar-refractivity contribution in [3.05, 3.63) is 82.4 Å². The van der Waals surface area contributed by atoms with Crippen LogP contribution in [0.15, 0.2) is 48.7 Å². The Balaban J connectivity index is 1.66. The van der Waals surface area contributed by atoms with Crippen molar-refractivity contribution in [1.82, 2.24) is 19.8 Å². The molecule has 0 radical (unpaired) electrons. The van der Waals surface area contributed by atoms with Crippen LogP contribution in [0.25, 0.3) is 5.69 Å². The Kier molecular flexibility index (Phi) is 5.54. The number of nitrogens with one attached hydrogen (secondary N) is 1. The number of rotatable bonds is 4. The lowest BCUT2D eigenvalue weighted by Gasteiger charge is -2.33. The van der Waals surface area contributed by atoms with Crippen LogP contribution >= 0.6 is 12.2 Å². The summed E-state index contributed by atoms with van der Waals surface area (Å²) in [5.41, 5.74) is 8.78. The molecule has 1 aliphatic carbocycles. The van der Waals surface area contributed by atoms with E-state index in [4.69, 9.17) is 17.2 Å². The average Bonchev–Trinajstić information content (AvgIpc) is 3.49. The fourth-order valence-corrected chi connectivity index (χ4v) is 6.08. The molecule has 1 N–H and O–H groups in total. The smallest absolute Gasteiger partial charge is 0.170 e. The summed E-state index contributed by atoms with van der Waals surface area (Å²) in [5.74, 6) is 0. The van der Waals surface area contributed by atoms with E-state index in [2.05, 4.69) is 78.9 Å². The van der Waals surface area contributed by atoms with Gasteiger partial charge in [0.05, 0.1) is 17.8 Å². The summed E-state index contributed by atoms with van der Waals surface area (Å²) in [4.78, 5) is 7.22. The highest BCUT2D eigenvalue weighted by atomic mass is 32.1. The second kappa shape index (κ2) is 8.36. The quantitative estimate of drug-likeness (QED) is 0.499. The molecule has 5 heteroatoms. The van der Waals surface area contributed by atoms with E-state index >= 15 is 0 Å². The Labute approximate surface area is 196 Å². The first-order valence-electron chi connectivity index (χ1n) is 11.7. The largest absolute Gasteiger partial charge is 0.352 e. The third-order valence-corrected chi connectivity index (χ3v) is 7.58. The van der Waals surface area contributed by atoms with Crippen molar-refractivity contribution >= 4 is 17.3 Å². The first-order valence-corrected chi connectivity index (χ1v) is 12.1. The summed E-state index contributed by atoms with van der Waals surface area (Å²) < 4.78 is 2.42. The van der Waals surface area contributed by atoms with E-state index in [-0.39, 0.29) is 12.1 Å². The maximum Gasteiger partial charge on any atom is 0.170 e. The maximum absolute atomic E-state index is 5.93. The number of nitrogens with zero attached hydrogens (tertiary/aromatic N) is 3. The van der Waals surface area contributed by atoms with Gasteiger partial charge in [-0.2, -0.15) is 0 Å². The van der Waals surface area contributed by atoms with Crippen LogP contribution in [0.2, 0.25) is 0 Å². The number of hydrogen-bond donors (Lipinski definition) is 1. The Morgan fingerprint density at radius 3 is 2.50 bits per heavy atom. The van der Waals surface area contributed by atoms with Crippen molar-refractivity contribution in [1.29, 1.82) is 0 Å². The van der Waals surface area contributed by atoms with E-state index in [0.29, 0.717) is 6.04 Å². The van der Waals surface area contributed by atoms with Gasteiger partial charge in [-0.15, -0.1) is 0 Å². The van der Waals surface area contributed by atoms with Crippen molar-refractivity contribution in [3.63, 3.8) is 0 Å². The van der Waals surface area contributed by atoms with Crippen LogP contribution in [0.3, 0.4) is 0 Å². The lowest BCUT2D eigenvalue weighted by atomic mass is 9.95. The molecule has 5 rings (SSSR count). The number of hydrogen-bond acceptors (Lipinski definition) is 2. The monoisotopic (exact) mass is 444 g/mol. The fraction of sp³-hybridized carbons (Fsp3) is 0.407. The molecule has 0 spiro atoms. The van der Waals surface area contributed by atoms with Gasteiger partial charge in [0.15, 0.2) is 5.11 Å². The first-order chi connectivity index (χ1) is 15.5. The highest BCUT2D eigenvalue weighted by Crippen LogP contribution is 2.44. The molecule has 4 nitrogen and oxygen atoms in total. The molecule has 3 heterocycles. The molecule has 2 aliphatic rings. The van der Waals surface area contributed by atoms with Crippen LogP contribution in [0.4, 0.5) is 0 Å². The molecule has 2 aromatic heterocycles. The van der Waals surface area contributed by atoms with Crippen LogP contribution in [0.1, 0.15) is 71.5 Å². The van der Waals surface area contributed by atoms with Crippen molar-refractivity contribution in [2.24, 2.45) is 0 Å². The predicted molar refractivity (Wildman–Crippen MR) is 134 cm³/mol. The van der Waals surface area contributed by atoms with Gasteiger partial charge < -0.3 is 14.8 Å². The van der Waals surface area contributed by atoms with E-state index in [1.54, 1.807) is 0 Å². The minimum Gasteiger partial charge on any atom is -0.352 e. The van der Waals surface area contributed by atoms with Crippen LogP contribution in [-0.2, 0) is 0 Å². The Hall–Kier alpha value is -2.66. The second-order valence-electron chi connectivity index (χ2n) is 9.42. The lowest BCUT2D eigenvalue weighted by Crippen LogP contribution is -2.37. The third kappa shape index (κ3) is 3.53. The van der Waals surface area contributed by atoms with Crippen molar-refractivity contribution in [3.8, 4) is 5.69 Å². The van der Waals surface area contributed by atoms with Gasteiger partial charge in [-0.3, -0.25) is 4.98 Å². The fourth-order valence-electron chi connectivity index (χ4n) is 5.69.